The molecule has 0 radical (unpaired) electrons. The summed E-state index contributed by atoms with van der Waals surface area (Å²) in [5.41, 5.74) is -4.11. The number of nitrogens with zero attached hydrogens (tertiary/aromatic N) is 1. The molecule has 0 aromatic carbocycles. The van der Waals surface area contributed by atoms with Gasteiger partial charge in [-0.25, -0.2) is 0 Å². The van der Waals surface area contributed by atoms with E-state index >= 15 is 0 Å². The number of hydrogen-bond acceptors (Lipinski definition) is 4. The molecule has 238 valence electrons. The summed E-state index contributed by atoms with van der Waals surface area (Å²) < 4.78 is 44.2. The summed E-state index contributed by atoms with van der Waals surface area (Å²) in [6.07, 6.45) is 3.23. The third kappa shape index (κ3) is 3.95. The Balaban J connectivity index is 1.52. The number of halogens is 3. The van der Waals surface area contributed by atoms with Crippen LogP contribution in [0.25, 0.3) is 0 Å². The molecule has 0 aromatic heterocycles. The molecule has 5 nitrogen and oxygen atoms in total. The van der Waals surface area contributed by atoms with Crippen molar-refractivity contribution in [1.82, 2.24) is 10.2 Å². The van der Waals surface area contributed by atoms with Crippen molar-refractivity contribution in [2.45, 2.75) is 93.2 Å². The van der Waals surface area contributed by atoms with E-state index in [0.29, 0.717) is 50.9 Å². The molecule has 4 fully saturated rings. The molecule has 1 saturated heterocycles. The van der Waals surface area contributed by atoms with Crippen LogP contribution in [0.3, 0.4) is 0 Å². The number of carbonyl (C=O) groups is 3. The van der Waals surface area contributed by atoms with Gasteiger partial charge in [0.15, 0.2) is 11.6 Å². The minimum Gasteiger partial charge on any atom is -0.339 e. The topological polar surface area (TPSA) is 66.5 Å². The molecule has 1 N–H and O–H groups in total. The Labute approximate surface area is 254 Å². The third-order valence-corrected chi connectivity index (χ3v) is 14.3. The first-order valence-electron chi connectivity index (χ1n) is 16.5. The van der Waals surface area contributed by atoms with Crippen molar-refractivity contribution in [3.05, 3.63) is 23.3 Å². The van der Waals surface area contributed by atoms with E-state index in [4.69, 9.17) is 0 Å². The first kappa shape index (κ1) is 31.0. The normalized spacial score (nSPS) is 48.3. The number of fused-ring (bicyclic) bond motifs is 7. The Morgan fingerprint density at radius 3 is 2.23 bits per heavy atom. The van der Waals surface area contributed by atoms with Gasteiger partial charge in [0, 0.05) is 37.5 Å². The lowest BCUT2D eigenvalue weighted by molar-refractivity contribution is -0.184. The number of nitrogens with one attached hydrogen (secondary N) is 1. The van der Waals surface area contributed by atoms with Crippen molar-refractivity contribution >= 4 is 17.5 Å². The molecule has 0 spiro atoms. The first-order chi connectivity index (χ1) is 19.9. The fraction of sp³-hybridized carbons (Fsp3) is 0.800. The summed E-state index contributed by atoms with van der Waals surface area (Å²) in [6, 6.07) is 0. The van der Waals surface area contributed by atoms with Crippen molar-refractivity contribution in [1.29, 1.82) is 0 Å². The van der Waals surface area contributed by atoms with E-state index in [1.54, 1.807) is 11.8 Å². The van der Waals surface area contributed by atoms with Crippen LogP contribution in [0, 0.1) is 56.7 Å². The van der Waals surface area contributed by atoms with Crippen molar-refractivity contribution < 1.29 is 27.6 Å². The van der Waals surface area contributed by atoms with Gasteiger partial charge in [-0.3, -0.25) is 14.4 Å². The van der Waals surface area contributed by atoms with Gasteiger partial charge in [-0.05, 0) is 91.4 Å². The van der Waals surface area contributed by atoms with Gasteiger partial charge >= 0.3 is 6.18 Å². The van der Waals surface area contributed by atoms with Gasteiger partial charge in [0.05, 0.1) is 5.57 Å². The standard InChI is InChI=1S/C35H49F3N2O3/c1-20-8-10-30(3)12-13-32(5)22(26(30)21(20)2)18-24(41)27-31(4)19-23(35(36,37)38)28(42)34(7,25(31)9-11-33(27,32)6)29(43)40-16-14-39-15-17-40/h18-21,25-27,39H,8-17H2,1-7H3/t20-,21+,25-,26+,27-,30-,31+,32-,33-,34-/m1/s1. The molecule has 3 saturated carbocycles. The largest absolute Gasteiger partial charge is 0.419 e. The van der Waals surface area contributed by atoms with E-state index in [9.17, 15) is 27.6 Å². The number of allylic oxidation sites excluding steroid dienone is 4. The predicted octanol–water partition coefficient (Wildman–Crippen LogP) is 6.53. The smallest absolute Gasteiger partial charge is 0.339 e. The zero-order valence-electron chi connectivity index (χ0n) is 26.9. The average molecular weight is 603 g/mol. The van der Waals surface area contributed by atoms with Crippen LogP contribution in [0.4, 0.5) is 13.2 Å². The fourth-order valence-corrected chi connectivity index (χ4v) is 11.6. The highest BCUT2D eigenvalue weighted by Gasteiger charge is 2.73. The number of piperazine rings is 1. The molecule has 0 unspecified atom stereocenters. The fourth-order valence-electron chi connectivity index (χ4n) is 11.6. The summed E-state index contributed by atoms with van der Waals surface area (Å²) in [4.78, 5) is 44.3. The minimum absolute atomic E-state index is 0.108. The van der Waals surface area contributed by atoms with Crippen LogP contribution in [0.5, 0.6) is 0 Å². The van der Waals surface area contributed by atoms with Crippen LogP contribution in [-0.2, 0) is 14.4 Å². The molecular weight excluding hydrogens is 553 g/mol. The lowest BCUT2D eigenvalue weighted by Gasteiger charge is -2.69. The summed E-state index contributed by atoms with van der Waals surface area (Å²) in [6.45, 7) is 16.3. The SMILES string of the molecule is C[C@H]1[C@H](C)CC[C@]2(C)CC[C@]3(C)C(=CC(=O)[C@@H]4[C@@]5(C)C=C(C(F)(F)F)C(=O)[C@](C)(C(=O)N6CCNCC6)[C@@H]5CC[C@]43C)[C@H]12. The second kappa shape index (κ2) is 9.53. The molecule has 0 bridgehead atoms. The van der Waals surface area contributed by atoms with Gasteiger partial charge < -0.3 is 10.2 Å². The number of amides is 1. The Morgan fingerprint density at radius 2 is 1.60 bits per heavy atom. The maximum Gasteiger partial charge on any atom is 0.419 e. The Morgan fingerprint density at radius 1 is 0.953 bits per heavy atom. The van der Waals surface area contributed by atoms with Crippen LogP contribution >= 0.6 is 0 Å². The number of carbonyl (C=O) groups excluding carboxylic acids is 3. The quantitative estimate of drug-likeness (QED) is 0.347. The number of alkyl halides is 3. The van der Waals surface area contributed by atoms with Crippen LogP contribution in [0.15, 0.2) is 23.3 Å². The second-order valence-electron chi connectivity index (χ2n) is 16.3. The molecule has 5 aliphatic carbocycles. The van der Waals surface area contributed by atoms with Gasteiger partial charge in [0.1, 0.15) is 5.41 Å². The van der Waals surface area contributed by atoms with E-state index in [1.165, 1.54) is 18.9 Å². The highest BCUT2D eigenvalue weighted by Crippen LogP contribution is 2.74. The van der Waals surface area contributed by atoms with Crippen molar-refractivity contribution in [3.8, 4) is 0 Å². The molecule has 6 rings (SSSR count). The summed E-state index contributed by atoms with van der Waals surface area (Å²) in [5, 5.41) is 3.18. The van der Waals surface area contributed by atoms with E-state index in [0.717, 1.165) is 25.3 Å². The third-order valence-electron chi connectivity index (χ3n) is 14.3. The number of Topliss-reactive ketones (excluding diaryl/α,β-unsaturated/α-hetero) is 1. The highest BCUT2D eigenvalue weighted by atomic mass is 19.4. The molecule has 0 aromatic rings. The molecular formula is C35H49F3N2O3. The van der Waals surface area contributed by atoms with Crippen LogP contribution in [0.1, 0.15) is 87.0 Å². The van der Waals surface area contributed by atoms with Crippen molar-refractivity contribution in [2.24, 2.45) is 56.7 Å². The highest BCUT2D eigenvalue weighted by molar-refractivity contribution is 6.15. The summed E-state index contributed by atoms with van der Waals surface area (Å²) >= 11 is 0. The Hall–Kier alpha value is -1.96. The van der Waals surface area contributed by atoms with Gasteiger partial charge in [-0.1, -0.05) is 53.2 Å². The molecule has 10 atom stereocenters. The van der Waals surface area contributed by atoms with Gasteiger partial charge in [-0.2, -0.15) is 13.2 Å². The lowest BCUT2D eigenvalue weighted by atomic mass is 9.33. The van der Waals surface area contributed by atoms with Gasteiger partial charge in [0.25, 0.3) is 0 Å². The van der Waals surface area contributed by atoms with E-state index < -0.39 is 51.5 Å². The summed E-state index contributed by atoms with van der Waals surface area (Å²) in [7, 11) is 0. The van der Waals surface area contributed by atoms with Crippen molar-refractivity contribution in [2.75, 3.05) is 26.2 Å². The van der Waals surface area contributed by atoms with E-state index in [-0.39, 0.29) is 22.5 Å². The lowest BCUT2D eigenvalue weighted by Crippen LogP contribution is -2.68. The number of rotatable bonds is 1. The Kier molecular flexibility index (Phi) is 6.88. The Bertz CT molecular complexity index is 1320. The number of ketones is 2. The molecule has 8 heteroatoms. The maximum atomic E-state index is 14.7. The van der Waals surface area contributed by atoms with Crippen LogP contribution in [0.2, 0.25) is 0 Å². The summed E-state index contributed by atoms with van der Waals surface area (Å²) in [5.74, 6) is -2.05. The first-order valence-corrected chi connectivity index (χ1v) is 16.5. The number of hydrogen-bond donors (Lipinski definition) is 1. The predicted molar refractivity (Wildman–Crippen MR) is 159 cm³/mol. The zero-order chi connectivity index (χ0) is 31.5. The second-order valence-corrected chi connectivity index (χ2v) is 16.3. The molecule has 1 heterocycles. The molecule has 1 amide bonds. The molecule has 6 aliphatic rings. The van der Waals surface area contributed by atoms with Gasteiger partial charge in [0.2, 0.25) is 5.91 Å². The van der Waals surface area contributed by atoms with Crippen LogP contribution < -0.4 is 5.32 Å². The monoisotopic (exact) mass is 602 g/mol. The van der Waals surface area contributed by atoms with Crippen molar-refractivity contribution in [3.63, 3.8) is 0 Å². The van der Waals surface area contributed by atoms with Crippen LogP contribution in [-0.4, -0.2) is 54.7 Å². The van der Waals surface area contributed by atoms with E-state index in [1.807, 2.05) is 6.08 Å². The van der Waals surface area contributed by atoms with Gasteiger partial charge in [-0.15, -0.1) is 0 Å². The molecule has 43 heavy (non-hydrogen) atoms. The average Bonchev–Trinajstić information content (AvgIpc) is 2.93. The molecule has 1 aliphatic heterocycles. The zero-order valence-corrected chi connectivity index (χ0v) is 26.9. The maximum absolute atomic E-state index is 14.7. The minimum atomic E-state index is -4.92. The van der Waals surface area contributed by atoms with E-state index in [2.05, 4.69) is 39.9 Å².